The van der Waals surface area contributed by atoms with Crippen molar-refractivity contribution in [2.45, 2.75) is 32.2 Å². The summed E-state index contributed by atoms with van der Waals surface area (Å²) < 4.78 is 2.30. The van der Waals surface area contributed by atoms with Gasteiger partial charge in [-0.15, -0.1) is 11.6 Å². The fourth-order valence-corrected chi connectivity index (χ4v) is 3.29. The van der Waals surface area contributed by atoms with Crippen LogP contribution >= 0.6 is 11.6 Å². The zero-order chi connectivity index (χ0) is 15.0. The molecular formula is C16H20ClN3O. The third-order valence-electron chi connectivity index (χ3n) is 4.20. The van der Waals surface area contributed by atoms with E-state index in [4.69, 9.17) is 16.6 Å². The number of hydrogen-bond acceptors (Lipinski definition) is 2. The fourth-order valence-electron chi connectivity index (χ4n) is 3.12. The second kappa shape index (κ2) is 5.68. The van der Waals surface area contributed by atoms with E-state index in [2.05, 4.69) is 29.7 Å². The second-order valence-electron chi connectivity index (χ2n) is 5.80. The predicted octanol–water partition coefficient (Wildman–Crippen LogP) is 2.92. The Morgan fingerprint density at radius 1 is 1.43 bits per heavy atom. The number of alkyl halides is 1. The molecule has 1 unspecified atom stereocenters. The molecule has 2 heterocycles. The van der Waals surface area contributed by atoms with Gasteiger partial charge in [0.05, 0.1) is 17.1 Å². The van der Waals surface area contributed by atoms with Gasteiger partial charge in [0.25, 0.3) is 0 Å². The van der Waals surface area contributed by atoms with Crippen molar-refractivity contribution in [2.75, 3.05) is 19.5 Å². The van der Waals surface area contributed by atoms with E-state index in [1.165, 1.54) is 5.56 Å². The van der Waals surface area contributed by atoms with Gasteiger partial charge in [-0.25, -0.2) is 4.98 Å². The van der Waals surface area contributed by atoms with E-state index in [-0.39, 0.29) is 11.9 Å². The Morgan fingerprint density at radius 2 is 2.24 bits per heavy atom. The Labute approximate surface area is 129 Å². The molecule has 1 aliphatic heterocycles. The summed E-state index contributed by atoms with van der Waals surface area (Å²) in [5.74, 6) is 1.81. The van der Waals surface area contributed by atoms with Crippen LogP contribution in [-0.4, -0.2) is 39.8 Å². The lowest BCUT2D eigenvalue weighted by atomic mass is 10.0. The maximum atomic E-state index is 11.7. The smallest absolute Gasteiger partial charge is 0.222 e. The number of halogens is 1. The minimum absolute atomic E-state index is 0.228. The fraction of sp³-hybridized carbons (Fsp3) is 0.500. The Hall–Kier alpha value is -1.55. The number of aromatic nitrogens is 2. The highest BCUT2D eigenvalue weighted by Gasteiger charge is 2.27. The number of aryl methyl sites for hydroxylation is 2. The van der Waals surface area contributed by atoms with E-state index in [0.717, 1.165) is 36.2 Å². The molecule has 0 N–H and O–H groups in total. The molecule has 0 radical (unpaired) electrons. The summed E-state index contributed by atoms with van der Waals surface area (Å²) in [6, 6.07) is 6.62. The summed E-state index contributed by atoms with van der Waals surface area (Å²) in [5.41, 5.74) is 3.39. The Morgan fingerprint density at radius 3 is 2.95 bits per heavy atom. The molecule has 1 aromatic carbocycles. The van der Waals surface area contributed by atoms with Gasteiger partial charge in [-0.1, -0.05) is 6.07 Å². The van der Waals surface area contributed by atoms with Crippen molar-refractivity contribution in [3.63, 3.8) is 0 Å². The van der Waals surface area contributed by atoms with Crippen molar-refractivity contribution < 1.29 is 4.79 Å². The second-order valence-corrected chi connectivity index (χ2v) is 6.17. The van der Waals surface area contributed by atoms with Gasteiger partial charge < -0.3 is 9.47 Å². The van der Waals surface area contributed by atoms with Crippen LogP contribution < -0.4 is 0 Å². The van der Waals surface area contributed by atoms with Crippen molar-refractivity contribution in [3.8, 4) is 0 Å². The van der Waals surface area contributed by atoms with Gasteiger partial charge in [0.15, 0.2) is 0 Å². The molecule has 0 spiro atoms. The highest BCUT2D eigenvalue weighted by Crippen LogP contribution is 2.29. The minimum Gasteiger partial charge on any atom is -0.344 e. The summed E-state index contributed by atoms with van der Waals surface area (Å²) in [4.78, 5) is 18.3. The van der Waals surface area contributed by atoms with E-state index < -0.39 is 0 Å². The Balaban J connectivity index is 2.08. The van der Waals surface area contributed by atoms with E-state index in [1.54, 1.807) is 0 Å². The lowest BCUT2D eigenvalue weighted by molar-refractivity contribution is -0.132. The van der Waals surface area contributed by atoms with Gasteiger partial charge in [-0.05, 0) is 31.0 Å². The summed E-state index contributed by atoms with van der Waals surface area (Å²) >= 11 is 5.94. The Bertz CT molecular complexity index is 679. The number of rotatable bonds is 3. The highest BCUT2D eigenvalue weighted by atomic mass is 35.5. The van der Waals surface area contributed by atoms with Gasteiger partial charge in [-0.2, -0.15) is 0 Å². The van der Waals surface area contributed by atoms with E-state index in [0.29, 0.717) is 12.3 Å². The molecule has 1 fully saturated rings. The Kier molecular flexibility index (Phi) is 3.89. The van der Waals surface area contributed by atoms with Crippen LogP contribution in [0, 0.1) is 6.92 Å². The monoisotopic (exact) mass is 305 g/mol. The zero-order valence-corrected chi connectivity index (χ0v) is 13.2. The van der Waals surface area contributed by atoms with Crippen molar-refractivity contribution in [1.82, 2.24) is 14.5 Å². The van der Waals surface area contributed by atoms with Gasteiger partial charge >= 0.3 is 0 Å². The molecule has 0 saturated carbocycles. The van der Waals surface area contributed by atoms with Crippen molar-refractivity contribution in [1.29, 1.82) is 0 Å². The van der Waals surface area contributed by atoms with Crippen LogP contribution in [0.2, 0.25) is 0 Å². The van der Waals surface area contributed by atoms with Crippen molar-refractivity contribution >= 4 is 28.5 Å². The van der Waals surface area contributed by atoms with E-state index in [1.807, 2.05) is 11.9 Å². The molecule has 0 bridgehead atoms. The molecule has 112 valence electrons. The third-order valence-corrected chi connectivity index (χ3v) is 4.39. The number of benzene rings is 1. The molecule has 2 aromatic rings. The first-order valence-corrected chi connectivity index (χ1v) is 7.91. The molecule has 1 saturated heterocycles. The maximum absolute atomic E-state index is 11.7. The number of hydrogen-bond donors (Lipinski definition) is 0. The number of likely N-dealkylation sites (tertiary alicyclic amines) is 1. The van der Waals surface area contributed by atoms with Crippen LogP contribution in [0.1, 0.15) is 30.3 Å². The highest BCUT2D eigenvalue weighted by molar-refractivity contribution is 6.17. The van der Waals surface area contributed by atoms with Gasteiger partial charge in [0.2, 0.25) is 5.91 Å². The van der Waals surface area contributed by atoms with Crippen LogP contribution in [0.5, 0.6) is 0 Å². The number of fused-ring (bicyclic) bond motifs is 1. The van der Waals surface area contributed by atoms with Crippen LogP contribution in [-0.2, 0) is 11.2 Å². The molecule has 1 aromatic heterocycles. The summed E-state index contributed by atoms with van der Waals surface area (Å²) in [6.07, 6.45) is 2.23. The maximum Gasteiger partial charge on any atom is 0.222 e. The molecule has 1 amide bonds. The van der Waals surface area contributed by atoms with Crippen LogP contribution in [0.15, 0.2) is 18.2 Å². The number of carbonyl (C=O) groups is 1. The largest absolute Gasteiger partial charge is 0.344 e. The molecule has 1 atom stereocenters. The third kappa shape index (κ3) is 2.64. The molecule has 3 rings (SSSR count). The summed E-state index contributed by atoms with van der Waals surface area (Å²) in [7, 11) is 1.88. The number of piperidine rings is 1. The summed E-state index contributed by atoms with van der Waals surface area (Å²) in [5, 5.41) is 0. The number of likely N-dealkylation sites (N-methyl/N-ethyl adjacent to an activating group) is 1. The van der Waals surface area contributed by atoms with Gasteiger partial charge in [0.1, 0.15) is 5.82 Å². The quantitative estimate of drug-likeness (QED) is 0.818. The standard InChI is InChI=1S/C16H20ClN3O/c1-11-3-5-13-14(9-11)20(15(18-13)7-8-17)12-4-6-16(21)19(2)10-12/h3,5,9,12H,4,6-8,10H2,1-2H3. The molecule has 5 heteroatoms. The number of carbonyl (C=O) groups excluding carboxylic acids is 1. The molecule has 21 heavy (non-hydrogen) atoms. The molecule has 1 aliphatic rings. The van der Waals surface area contributed by atoms with Gasteiger partial charge in [-0.3, -0.25) is 4.79 Å². The predicted molar refractivity (Wildman–Crippen MR) is 84.8 cm³/mol. The van der Waals surface area contributed by atoms with Crippen LogP contribution in [0.25, 0.3) is 11.0 Å². The number of nitrogens with zero attached hydrogens (tertiary/aromatic N) is 3. The van der Waals surface area contributed by atoms with Crippen LogP contribution in [0.4, 0.5) is 0 Å². The van der Waals surface area contributed by atoms with Crippen LogP contribution in [0.3, 0.4) is 0 Å². The normalized spacial score (nSPS) is 19.5. The SMILES string of the molecule is Cc1ccc2nc(CCCl)n(C3CCC(=O)N(C)C3)c2c1. The number of imidazole rings is 1. The lowest BCUT2D eigenvalue weighted by Crippen LogP contribution is -2.38. The topological polar surface area (TPSA) is 38.1 Å². The first-order chi connectivity index (χ1) is 10.1. The molecule has 0 aliphatic carbocycles. The molecule has 4 nitrogen and oxygen atoms in total. The molecular weight excluding hydrogens is 286 g/mol. The summed E-state index contributed by atoms with van der Waals surface area (Å²) in [6.45, 7) is 2.84. The average Bonchev–Trinajstić information content (AvgIpc) is 2.80. The first-order valence-electron chi connectivity index (χ1n) is 7.37. The van der Waals surface area contributed by atoms with Crippen molar-refractivity contribution in [2.24, 2.45) is 0 Å². The van der Waals surface area contributed by atoms with E-state index >= 15 is 0 Å². The average molecular weight is 306 g/mol. The van der Waals surface area contributed by atoms with E-state index in [9.17, 15) is 4.79 Å². The number of amides is 1. The lowest BCUT2D eigenvalue weighted by Gasteiger charge is -2.31. The zero-order valence-electron chi connectivity index (χ0n) is 12.5. The van der Waals surface area contributed by atoms with Gasteiger partial charge in [0, 0.05) is 32.3 Å². The van der Waals surface area contributed by atoms with Crippen molar-refractivity contribution in [3.05, 3.63) is 29.6 Å². The first kappa shape index (κ1) is 14.4. The minimum atomic E-state index is 0.228.